The average Bonchev–Trinajstić information content (AvgIpc) is 3.92. The molecule has 7 aromatic carbocycles. The van der Waals surface area contributed by atoms with Crippen LogP contribution in [0.3, 0.4) is 0 Å². The molecular weight excluding hydrogens is 651 g/mol. The van der Waals surface area contributed by atoms with Gasteiger partial charge in [-0.15, -0.1) is 5.10 Å². The van der Waals surface area contributed by atoms with Gasteiger partial charge in [0.1, 0.15) is 0 Å². The number of nitriles is 1. The summed E-state index contributed by atoms with van der Waals surface area (Å²) in [6.45, 7) is 7.41. The van der Waals surface area contributed by atoms with E-state index in [1.807, 2.05) is 24.3 Å². The van der Waals surface area contributed by atoms with Crippen LogP contribution in [0.25, 0.3) is 88.3 Å². The fourth-order valence-electron chi connectivity index (χ4n) is 7.52. The molecule has 0 radical (unpaired) electrons. The van der Waals surface area contributed by atoms with Crippen LogP contribution in [0.1, 0.15) is 5.56 Å². The van der Waals surface area contributed by atoms with Gasteiger partial charge in [0, 0.05) is 44.0 Å². The van der Waals surface area contributed by atoms with Crippen molar-refractivity contribution in [2.45, 2.75) is 0 Å². The maximum Gasteiger partial charge on any atom is 0.187 e. The molecule has 3 heterocycles. The van der Waals surface area contributed by atoms with Crippen LogP contribution < -0.4 is 0 Å². The van der Waals surface area contributed by atoms with Crippen molar-refractivity contribution in [3.63, 3.8) is 0 Å². The number of benzene rings is 7. The van der Waals surface area contributed by atoms with E-state index in [9.17, 15) is 5.26 Å². The smallest absolute Gasteiger partial charge is 0.187 e. The molecule has 3 aromatic heterocycles. The third kappa shape index (κ3) is 4.80. The molecule has 0 fully saturated rings. The Bertz CT molecular complexity index is 3000. The average molecular weight is 678 g/mol. The quantitative estimate of drug-likeness (QED) is 0.170. The zero-order valence-corrected chi connectivity index (χ0v) is 28.2. The molecule has 10 aromatic rings. The van der Waals surface area contributed by atoms with Crippen LogP contribution in [0.15, 0.2) is 164 Å². The van der Waals surface area contributed by atoms with E-state index in [4.69, 9.17) is 16.7 Å². The van der Waals surface area contributed by atoms with Gasteiger partial charge in [0.05, 0.1) is 46.0 Å². The normalized spacial score (nSPS) is 11.4. The standard InChI is InChI=1S/C46H27N7/c1-48-33-22-24-34(25-23-33)53-46(31-19-17-30(29-47)18-20-31)49-45(50-53)32-21-26-40-39-13-4-7-16-43(39)52(44(40)27-32)36-10-8-9-35(28-36)51-41-14-5-2-11-37(41)38-12-3-6-15-42(38)51/h2-28H. The number of nitrogens with zero attached hydrogens (tertiary/aromatic N) is 7. The van der Waals surface area contributed by atoms with Crippen molar-refractivity contribution in [1.82, 2.24) is 23.9 Å². The largest absolute Gasteiger partial charge is 0.309 e. The molecule has 0 saturated carbocycles. The van der Waals surface area contributed by atoms with Gasteiger partial charge in [0.2, 0.25) is 0 Å². The van der Waals surface area contributed by atoms with Gasteiger partial charge in [0.25, 0.3) is 0 Å². The third-order valence-corrected chi connectivity index (χ3v) is 9.96. The summed E-state index contributed by atoms with van der Waals surface area (Å²) in [6, 6.07) is 57.7. The SMILES string of the molecule is [C-]#[N+]c1ccc(-n2nc(-c3ccc4c5ccccc5n(-c5cccc(-n6c7ccccc7c7ccccc76)c5)c4c3)nc2-c2ccc(C#N)cc2)cc1. The lowest BCUT2D eigenvalue weighted by atomic mass is 10.1. The van der Waals surface area contributed by atoms with Gasteiger partial charge in [0.15, 0.2) is 17.3 Å². The Kier molecular flexibility index (Phi) is 6.79. The van der Waals surface area contributed by atoms with Gasteiger partial charge in [-0.1, -0.05) is 84.9 Å². The van der Waals surface area contributed by atoms with Gasteiger partial charge in [-0.3, -0.25) is 0 Å². The Hall–Kier alpha value is -7.74. The minimum atomic E-state index is 0.550. The van der Waals surface area contributed by atoms with Gasteiger partial charge >= 0.3 is 0 Å². The van der Waals surface area contributed by atoms with Crippen molar-refractivity contribution in [3.05, 3.63) is 181 Å². The van der Waals surface area contributed by atoms with Crippen molar-refractivity contribution in [2.24, 2.45) is 0 Å². The monoisotopic (exact) mass is 677 g/mol. The topological polar surface area (TPSA) is 68.7 Å². The fraction of sp³-hybridized carbons (Fsp3) is 0. The first kappa shape index (κ1) is 30.1. The molecule has 53 heavy (non-hydrogen) atoms. The van der Waals surface area contributed by atoms with E-state index in [1.54, 1.807) is 28.9 Å². The van der Waals surface area contributed by atoms with E-state index in [1.165, 1.54) is 21.8 Å². The van der Waals surface area contributed by atoms with E-state index in [0.717, 1.165) is 50.0 Å². The van der Waals surface area contributed by atoms with Crippen molar-refractivity contribution >= 4 is 49.3 Å². The summed E-state index contributed by atoms with van der Waals surface area (Å²) in [5, 5.41) is 19.2. The van der Waals surface area contributed by atoms with Crippen LogP contribution in [0, 0.1) is 17.9 Å². The molecule has 0 aliphatic heterocycles. The highest BCUT2D eigenvalue weighted by Crippen LogP contribution is 2.37. The number of aromatic nitrogens is 5. The third-order valence-electron chi connectivity index (χ3n) is 9.96. The van der Waals surface area contributed by atoms with Gasteiger partial charge in [-0.05, 0) is 78.9 Å². The molecule has 10 rings (SSSR count). The molecule has 0 unspecified atom stereocenters. The second-order valence-electron chi connectivity index (χ2n) is 13.0. The summed E-state index contributed by atoms with van der Waals surface area (Å²) in [5.74, 6) is 1.20. The van der Waals surface area contributed by atoms with Crippen molar-refractivity contribution in [2.75, 3.05) is 0 Å². The Morgan fingerprint density at radius 2 is 1.06 bits per heavy atom. The van der Waals surface area contributed by atoms with Crippen molar-refractivity contribution in [3.8, 4) is 45.9 Å². The second kappa shape index (κ2) is 11.9. The Morgan fingerprint density at radius 3 is 1.64 bits per heavy atom. The summed E-state index contributed by atoms with van der Waals surface area (Å²) >= 11 is 0. The Labute approximate surface area is 304 Å². The molecule has 0 spiro atoms. The lowest BCUT2D eigenvalue weighted by Gasteiger charge is -2.13. The van der Waals surface area contributed by atoms with Crippen LogP contribution >= 0.6 is 0 Å². The lowest BCUT2D eigenvalue weighted by molar-refractivity contribution is 0.891. The fourth-order valence-corrected chi connectivity index (χ4v) is 7.52. The summed E-state index contributed by atoms with van der Waals surface area (Å²) in [7, 11) is 0. The minimum Gasteiger partial charge on any atom is -0.309 e. The Balaban J connectivity index is 1.17. The molecule has 0 saturated heterocycles. The van der Waals surface area contributed by atoms with E-state index in [-0.39, 0.29) is 0 Å². The zero-order chi connectivity index (χ0) is 35.5. The molecule has 7 nitrogen and oxygen atoms in total. The van der Waals surface area contributed by atoms with E-state index in [2.05, 4.69) is 135 Å². The van der Waals surface area contributed by atoms with Crippen LogP contribution in [0.4, 0.5) is 5.69 Å². The first-order chi connectivity index (χ1) is 26.2. The van der Waals surface area contributed by atoms with E-state index >= 15 is 0 Å². The summed E-state index contributed by atoms with van der Waals surface area (Å²) in [6.07, 6.45) is 0. The molecule has 0 N–H and O–H groups in total. The summed E-state index contributed by atoms with van der Waals surface area (Å²) in [5.41, 5.74) is 10.2. The molecule has 0 aliphatic carbocycles. The number of fused-ring (bicyclic) bond motifs is 6. The number of para-hydroxylation sites is 3. The highest BCUT2D eigenvalue weighted by atomic mass is 15.4. The maximum atomic E-state index is 9.41. The first-order valence-electron chi connectivity index (χ1n) is 17.3. The van der Waals surface area contributed by atoms with Crippen molar-refractivity contribution < 1.29 is 0 Å². The predicted molar refractivity (Wildman–Crippen MR) is 212 cm³/mol. The Morgan fingerprint density at radius 1 is 0.509 bits per heavy atom. The van der Waals surface area contributed by atoms with E-state index < -0.39 is 0 Å². The summed E-state index contributed by atoms with van der Waals surface area (Å²) in [4.78, 5) is 8.64. The molecule has 0 atom stereocenters. The van der Waals surface area contributed by atoms with E-state index in [0.29, 0.717) is 22.9 Å². The highest BCUT2D eigenvalue weighted by molar-refractivity contribution is 6.11. The molecule has 246 valence electrons. The number of hydrogen-bond acceptors (Lipinski definition) is 3. The van der Waals surface area contributed by atoms with Crippen molar-refractivity contribution in [1.29, 1.82) is 5.26 Å². The van der Waals surface area contributed by atoms with Gasteiger partial charge < -0.3 is 9.13 Å². The van der Waals surface area contributed by atoms with Crippen LogP contribution in [-0.2, 0) is 0 Å². The van der Waals surface area contributed by atoms with Crippen LogP contribution in [0.2, 0.25) is 0 Å². The highest BCUT2D eigenvalue weighted by Gasteiger charge is 2.19. The molecular formula is C46H27N7. The van der Waals surface area contributed by atoms with Crippen LogP contribution in [-0.4, -0.2) is 23.9 Å². The predicted octanol–water partition coefficient (Wildman–Crippen LogP) is 11.2. The summed E-state index contributed by atoms with van der Waals surface area (Å²) < 4.78 is 6.48. The zero-order valence-electron chi connectivity index (χ0n) is 28.2. The second-order valence-corrected chi connectivity index (χ2v) is 13.0. The number of rotatable bonds is 5. The lowest BCUT2D eigenvalue weighted by Crippen LogP contribution is -1.99. The molecule has 0 aliphatic rings. The number of hydrogen-bond donors (Lipinski definition) is 0. The first-order valence-corrected chi connectivity index (χ1v) is 17.3. The molecule has 0 amide bonds. The van der Waals surface area contributed by atoms with Gasteiger partial charge in [-0.2, -0.15) is 5.26 Å². The van der Waals surface area contributed by atoms with Gasteiger partial charge in [-0.25, -0.2) is 14.5 Å². The molecule has 7 heteroatoms. The van der Waals surface area contributed by atoms with Crippen LogP contribution in [0.5, 0.6) is 0 Å². The maximum absolute atomic E-state index is 9.41. The molecule has 0 bridgehead atoms. The minimum absolute atomic E-state index is 0.550.